The monoisotopic (exact) mass is 290 g/mol. The van der Waals surface area contributed by atoms with Gasteiger partial charge in [0, 0.05) is 24.7 Å². The van der Waals surface area contributed by atoms with Crippen LogP contribution in [0.4, 0.5) is 4.39 Å². The Hall–Kier alpha value is -1.42. The molecule has 1 aromatic carbocycles. The van der Waals surface area contributed by atoms with Gasteiger partial charge in [0.2, 0.25) is 0 Å². The summed E-state index contributed by atoms with van der Waals surface area (Å²) < 4.78 is 13.2. The summed E-state index contributed by atoms with van der Waals surface area (Å²) in [5.41, 5.74) is 1.36. The van der Waals surface area contributed by atoms with Crippen LogP contribution < -0.4 is 0 Å². The lowest BCUT2D eigenvalue weighted by Crippen LogP contribution is -2.41. The molecular weight excluding hydrogens is 267 g/mol. The van der Waals surface area contributed by atoms with E-state index >= 15 is 0 Å². The van der Waals surface area contributed by atoms with Crippen molar-refractivity contribution in [1.82, 2.24) is 9.80 Å². The van der Waals surface area contributed by atoms with Crippen LogP contribution in [-0.4, -0.2) is 47.9 Å². The summed E-state index contributed by atoms with van der Waals surface area (Å²) in [6.07, 6.45) is 4.95. The minimum absolute atomic E-state index is 0.0482. The van der Waals surface area contributed by atoms with Gasteiger partial charge in [-0.25, -0.2) is 4.39 Å². The molecular formula is C17H23FN2O. The average molecular weight is 290 g/mol. The van der Waals surface area contributed by atoms with Crippen LogP contribution in [0, 0.1) is 12.7 Å². The molecule has 0 spiro atoms. The van der Waals surface area contributed by atoms with Crippen LogP contribution in [0.15, 0.2) is 18.2 Å². The third-order valence-corrected chi connectivity index (χ3v) is 4.78. The van der Waals surface area contributed by atoms with Gasteiger partial charge < -0.3 is 4.90 Å². The zero-order valence-corrected chi connectivity index (χ0v) is 12.6. The molecule has 21 heavy (non-hydrogen) atoms. The maximum Gasteiger partial charge on any atom is 0.254 e. The van der Waals surface area contributed by atoms with Gasteiger partial charge in [-0.05, 0) is 63.0 Å². The Bertz CT molecular complexity index is 526. The maximum absolute atomic E-state index is 13.2. The molecule has 3 rings (SSSR count). The highest BCUT2D eigenvalue weighted by Crippen LogP contribution is 2.22. The molecule has 0 radical (unpaired) electrons. The van der Waals surface area contributed by atoms with Crippen molar-refractivity contribution in [2.24, 2.45) is 0 Å². The van der Waals surface area contributed by atoms with Crippen LogP contribution in [0.5, 0.6) is 0 Å². The number of carbonyl (C=O) groups excluding carboxylic acids is 1. The van der Waals surface area contributed by atoms with Gasteiger partial charge in [-0.3, -0.25) is 9.69 Å². The molecule has 2 aliphatic rings. The Morgan fingerprint density at radius 2 is 1.95 bits per heavy atom. The van der Waals surface area contributed by atoms with Gasteiger partial charge in [0.15, 0.2) is 0 Å². The zero-order valence-electron chi connectivity index (χ0n) is 12.6. The second kappa shape index (κ2) is 6.14. The van der Waals surface area contributed by atoms with Crippen LogP contribution in [-0.2, 0) is 0 Å². The van der Waals surface area contributed by atoms with Crippen LogP contribution in [0.1, 0.15) is 41.6 Å². The van der Waals surface area contributed by atoms with E-state index in [4.69, 9.17) is 0 Å². The Balaban J connectivity index is 1.66. The Kier molecular flexibility index (Phi) is 4.24. The Labute approximate surface area is 125 Å². The van der Waals surface area contributed by atoms with E-state index < -0.39 is 0 Å². The van der Waals surface area contributed by atoms with E-state index in [9.17, 15) is 9.18 Å². The number of carbonyl (C=O) groups is 1. The number of hydrogen-bond donors (Lipinski definition) is 0. The molecule has 0 N–H and O–H groups in total. The summed E-state index contributed by atoms with van der Waals surface area (Å²) in [5.74, 6) is -0.233. The molecule has 0 aliphatic carbocycles. The minimum atomic E-state index is -0.281. The number of rotatable bonds is 2. The second-order valence-corrected chi connectivity index (χ2v) is 6.25. The van der Waals surface area contributed by atoms with Crippen molar-refractivity contribution >= 4 is 5.91 Å². The number of halogens is 1. The molecule has 1 amide bonds. The summed E-state index contributed by atoms with van der Waals surface area (Å²) >= 11 is 0. The van der Waals surface area contributed by atoms with Crippen LogP contribution >= 0.6 is 0 Å². The molecule has 114 valence electrons. The molecule has 2 aliphatic heterocycles. The van der Waals surface area contributed by atoms with Gasteiger partial charge in [0.05, 0.1) is 0 Å². The van der Waals surface area contributed by atoms with Crippen molar-refractivity contribution in [3.63, 3.8) is 0 Å². The Morgan fingerprint density at radius 3 is 2.67 bits per heavy atom. The highest BCUT2D eigenvalue weighted by Gasteiger charge is 2.31. The van der Waals surface area contributed by atoms with Crippen molar-refractivity contribution in [2.45, 2.75) is 38.6 Å². The van der Waals surface area contributed by atoms with E-state index in [0.717, 1.165) is 25.1 Å². The highest BCUT2D eigenvalue weighted by atomic mass is 19.1. The molecule has 1 unspecified atom stereocenters. The molecule has 0 bridgehead atoms. The predicted molar refractivity (Wildman–Crippen MR) is 80.9 cm³/mol. The first-order chi connectivity index (χ1) is 10.1. The molecule has 0 saturated carbocycles. The van der Waals surface area contributed by atoms with Gasteiger partial charge in [-0.1, -0.05) is 6.42 Å². The summed E-state index contributed by atoms with van der Waals surface area (Å²) in [7, 11) is 0. The standard InChI is InChI=1S/C17H23FN2O/c1-13-11-14(18)5-6-16(13)17(21)20-10-7-15(12-20)19-8-3-2-4-9-19/h5-6,11,15H,2-4,7-10,12H2,1H3. The van der Waals surface area contributed by atoms with E-state index in [1.807, 2.05) is 4.90 Å². The lowest BCUT2D eigenvalue weighted by atomic mass is 10.1. The fourth-order valence-corrected chi connectivity index (χ4v) is 3.55. The second-order valence-electron chi connectivity index (χ2n) is 6.25. The third kappa shape index (κ3) is 3.10. The minimum Gasteiger partial charge on any atom is -0.337 e. The van der Waals surface area contributed by atoms with Gasteiger partial charge in [-0.2, -0.15) is 0 Å². The topological polar surface area (TPSA) is 23.6 Å². The van der Waals surface area contributed by atoms with Gasteiger partial charge in [-0.15, -0.1) is 0 Å². The lowest BCUT2D eigenvalue weighted by Gasteiger charge is -2.32. The average Bonchev–Trinajstić information content (AvgIpc) is 2.97. The molecule has 1 aromatic rings. The van der Waals surface area contributed by atoms with Crippen LogP contribution in [0.25, 0.3) is 0 Å². The molecule has 1 atom stereocenters. The van der Waals surface area contributed by atoms with Crippen molar-refractivity contribution in [3.05, 3.63) is 35.1 Å². The first kappa shape index (κ1) is 14.5. The summed E-state index contributed by atoms with van der Waals surface area (Å²) in [6.45, 7) is 5.77. The number of aryl methyl sites for hydroxylation is 1. The van der Waals surface area contributed by atoms with Crippen LogP contribution in [0.2, 0.25) is 0 Å². The van der Waals surface area contributed by atoms with E-state index in [2.05, 4.69) is 4.90 Å². The summed E-state index contributed by atoms with van der Waals surface area (Å²) in [4.78, 5) is 17.1. The Morgan fingerprint density at radius 1 is 1.19 bits per heavy atom. The molecule has 2 fully saturated rings. The lowest BCUT2D eigenvalue weighted by molar-refractivity contribution is 0.0771. The molecule has 4 heteroatoms. The van der Waals surface area contributed by atoms with E-state index in [1.54, 1.807) is 13.0 Å². The number of amides is 1. The largest absolute Gasteiger partial charge is 0.337 e. The van der Waals surface area contributed by atoms with Crippen molar-refractivity contribution in [1.29, 1.82) is 0 Å². The van der Waals surface area contributed by atoms with Gasteiger partial charge >= 0.3 is 0 Å². The molecule has 2 saturated heterocycles. The van der Waals surface area contributed by atoms with E-state index in [1.165, 1.54) is 44.5 Å². The number of likely N-dealkylation sites (tertiary alicyclic amines) is 2. The predicted octanol–water partition coefficient (Wildman–Crippen LogP) is 2.83. The van der Waals surface area contributed by atoms with Crippen molar-refractivity contribution < 1.29 is 9.18 Å². The van der Waals surface area contributed by atoms with Crippen molar-refractivity contribution in [3.8, 4) is 0 Å². The number of nitrogens with zero attached hydrogens (tertiary/aromatic N) is 2. The van der Waals surface area contributed by atoms with E-state index in [0.29, 0.717) is 11.6 Å². The zero-order chi connectivity index (χ0) is 14.8. The highest BCUT2D eigenvalue weighted by molar-refractivity contribution is 5.95. The smallest absolute Gasteiger partial charge is 0.254 e. The third-order valence-electron chi connectivity index (χ3n) is 4.78. The molecule has 2 heterocycles. The first-order valence-electron chi connectivity index (χ1n) is 7.94. The first-order valence-corrected chi connectivity index (χ1v) is 7.94. The number of piperidine rings is 1. The molecule has 0 aromatic heterocycles. The van der Waals surface area contributed by atoms with Crippen LogP contribution in [0.3, 0.4) is 0 Å². The summed E-state index contributed by atoms with van der Waals surface area (Å²) in [6, 6.07) is 4.93. The molecule has 3 nitrogen and oxygen atoms in total. The van der Waals surface area contributed by atoms with E-state index in [-0.39, 0.29) is 11.7 Å². The number of benzene rings is 1. The van der Waals surface area contributed by atoms with Crippen molar-refractivity contribution in [2.75, 3.05) is 26.2 Å². The fraction of sp³-hybridized carbons (Fsp3) is 0.588. The maximum atomic E-state index is 13.2. The SMILES string of the molecule is Cc1cc(F)ccc1C(=O)N1CCC(N2CCCCC2)C1. The number of hydrogen-bond acceptors (Lipinski definition) is 2. The fourth-order valence-electron chi connectivity index (χ4n) is 3.55. The quantitative estimate of drug-likeness (QED) is 0.836. The normalized spacial score (nSPS) is 23.5. The van der Waals surface area contributed by atoms with Gasteiger partial charge in [0.1, 0.15) is 5.82 Å². The van der Waals surface area contributed by atoms with Gasteiger partial charge in [0.25, 0.3) is 5.91 Å². The summed E-state index contributed by atoms with van der Waals surface area (Å²) in [5, 5.41) is 0.